The van der Waals surface area contributed by atoms with Crippen molar-refractivity contribution in [2.45, 2.75) is 12.8 Å². The summed E-state index contributed by atoms with van der Waals surface area (Å²) in [7, 11) is 1.60. The van der Waals surface area contributed by atoms with E-state index in [1.807, 2.05) is 0 Å². The van der Waals surface area contributed by atoms with E-state index in [1.54, 1.807) is 36.3 Å². The molecule has 0 radical (unpaired) electrons. The van der Waals surface area contributed by atoms with Gasteiger partial charge in [0.25, 0.3) is 0 Å². The molecule has 6 nitrogen and oxygen atoms in total. The lowest BCUT2D eigenvalue weighted by atomic mass is 9.96. The Balaban J connectivity index is 1.64. The first-order chi connectivity index (χ1) is 10.1. The van der Waals surface area contributed by atoms with E-state index >= 15 is 0 Å². The Morgan fingerprint density at radius 3 is 2.43 bits per heavy atom. The highest BCUT2D eigenvalue weighted by Crippen LogP contribution is 2.20. The van der Waals surface area contributed by atoms with E-state index < -0.39 is 5.97 Å². The molecule has 1 aromatic rings. The van der Waals surface area contributed by atoms with Gasteiger partial charge in [0.05, 0.1) is 26.6 Å². The largest absolute Gasteiger partial charge is 0.497 e. The summed E-state index contributed by atoms with van der Waals surface area (Å²) < 4.78 is 10.5. The fourth-order valence-electron chi connectivity index (χ4n) is 2.24. The zero-order chi connectivity index (χ0) is 15.2. The van der Waals surface area contributed by atoms with E-state index in [0.717, 1.165) is 5.75 Å². The molecule has 6 heteroatoms. The summed E-state index contributed by atoms with van der Waals surface area (Å²) in [5.41, 5.74) is 0. The number of carboxylic acid groups (broad SMARTS) is 1. The molecule has 0 aliphatic carbocycles. The summed E-state index contributed by atoms with van der Waals surface area (Å²) in [6, 6.07) is 7.16. The molecule has 0 spiro atoms. The molecule has 0 saturated carbocycles. The van der Waals surface area contributed by atoms with Gasteiger partial charge in [0.2, 0.25) is 5.91 Å². The minimum Gasteiger partial charge on any atom is -0.497 e. The standard InChI is InChI=1S/C15H19NO5/c1-20-12-2-4-13(5-3-12)21-7-6-14(17)16-9-11(10-16)8-15(18)19/h2-5,11H,6-10H2,1H3,(H,18,19). The first-order valence-electron chi connectivity index (χ1n) is 6.85. The molecule has 1 saturated heterocycles. The molecule has 0 aromatic heterocycles. The Bertz CT molecular complexity index is 493. The molecular weight excluding hydrogens is 274 g/mol. The van der Waals surface area contributed by atoms with Gasteiger partial charge in [-0.3, -0.25) is 9.59 Å². The van der Waals surface area contributed by atoms with Crippen LogP contribution in [0.5, 0.6) is 11.5 Å². The van der Waals surface area contributed by atoms with Crippen molar-refractivity contribution in [1.82, 2.24) is 4.90 Å². The number of hydrogen-bond donors (Lipinski definition) is 1. The van der Waals surface area contributed by atoms with Gasteiger partial charge in [-0.05, 0) is 24.3 Å². The van der Waals surface area contributed by atoms with Crippen LogP contribution >= 0.6 is 0 Å². The van der Waals surface area contributed by atoms with E-state index in [2.05, 4.69) is 0 Å². The van der Waals surface area contributed by atoms with Crippen molar-refractivity contribution in [3.8, 4) is 11.5 Å². The van der Waals surface area contributed by atoms with Crippen LogP contribution in [0.25, 0.3) is 0 Å². The summed E-state index contributed by atoms with van der Waals surface area (Å²) in [6.07, 6.45) is 0.429. The molecule has 21 heavy (non-hydrogen) atoms. The smallest absolute Gasteiger partial charge is 0.303 e. The van der Waals surface area contributed by atoms with Crippen LogP contribution in [-0.4, -0.2) is 48.7 Å². The number of nitrogens with zero attached hydrogens (tertiary/aromatic N) is 1. The van der Waals surface area contributed by atoms with Crippen LogP contribution < -0.4 is 9.47 Å². The van der Waals surface area contributed by atoms with E-state index in [4.69, 9.17) is 14.6 Å². The Morgan fingerprint density at radius 2 is 1.86 bits per heavy atom. The van der Waals surface area contributed by atoms with Gasteiger partial charge in [0.1, 0.15) is 11.5 Å². The molecule has 0 unspecified atom stereocenters. The Hall–Kier alpha value is -2.24. The van der Waals surface area contributed by atoms with Crippen molar-refractivity contribution in [1.29, 1.82) is 0 Å². The summed E-state index contributed by atoms with van der Waals surface area (Å²) in [4.78, 5) is 24.0. The average molecular weight is 293 g/mol. The third kappa shape index (κ3) is 4.37. The van der Waals surface area contributed by atoms with Crippen molar-refractivity contribution in [2.24, 2.45) is 5.92 Å². The highest BCUT2D eigenvalue weighted by Gasteiger charge is 2.31. The van der Waals surface area contributed by atoms with Gasteiger partial charge in [-0.25, -0.2) is 0 Å². The summed E-state index contributed by atoms with van der Waals surface area (Å²) >= 11 is 0. The lowest BCUT2D eigenvalue weighted by molar-refractivity contribution is -0.145. The molecule has 1 aliphatic rings. The van der Waals surface area contributed by atoms with Crippen molar-refractivity contribution in [2.75, 3.05) is 26.8 Å². The topological polar surface area (TPSA) is 76.1 Å². The minimum atomic E-state index is -0.810. The first kappa shape index (κ1) is 15.2. The highest BCUT2D eigenvalue weighted by molar-refractivity contribution is 5.77. The summed E-state index contributed by atoms with van der Waals surface area (Å²) in [5.74, 6) is 0.730. The predicted molar refractivity (Wildman–Crippen MR) is 75.4 cm³/mol. The molecular formula is C15H19NO5. The maximum Gasteiger partial charge on any atom is 0.303 e. The molecule has 0 atom stereocenters. The monoisotopic (exact) mass is 293 g/mol. The third-order valence-electron chi connectivity index (χ3n) is 3.42. The average Bonchev–Trinajstić information content (AvgIpc) is 2.42. The van der Waals surface area contributed by atoms with Crippen LogP contribution in [0.2, 0.25) is 0 Å². The molecule has 1 amide bonds. The first-order valence-corrected chi connectivity index (χ1v) is 6.85. The minimum absolute atomic E-state index is 0.00477. The van der Waals surface area contributed by atoms with Crippen LogP contribution in [0.1, 0.15) is 12.8 Å². The second-order valence-electron chi connectivity index (χ2n) is 5.04. The second-order valence-corrected chi connectivity index (χ2v) is 5.04. The Labute approximate surface area is 123 Å². The number of amides is 1. The molecule has 1 heterocycles. The van der Waals surface area contributed by atoms with Gasteiger partial charge in [-0.2, -0.15) is 0 Å². The lowest BCUT2D eigenvalue weighted by Gasteiger charge is -2.38. The molecule has 1 aliphatic heterocycles. The van der Waals surface area contributed by atoms with Crippen LogP contribution in [0.4, 0.5) is 0 Å². The second kappa shape index (κ2) is 6.97. The molecule has 1 N–H and O–H groups in total. The van der Waals surface area contributed by atoms with Gasteiger partial charge in [-0.15, -0.1) is 0 Å². The van der Waals surface area contributed by atoms with Crippen LogP contribution in [0, 0.1) is 5.92 Å². The van der Waals surface area contributed by atoms with Gasteiger partial charge >= 0.3 is 5.97 Å². The number of carboxylic acids is 1. The number of carbonyl (C=O) groups excluding carboxylic acids is 1. The molecule has 1 fully saturated rings. The number of hydrogen-bond acceptors (Lipinski definition) is 4. The van der Waals surface area contributed by atoms with Crippen LogP contribution in [-0.2, 0) is 9.59 Å². The summed E-state index contributed by atoms with van der Waals surface area (Å²) in [5, 5.41) is 8.65. The molecule has 0 bridgehead atoms. The van der Waals surface area contributed by atoms with Crippen molar-refractivity contribution in [3.05, 3.63) is 24.3 Å². The number of carbonyl (C=O) groups is 2. The normalized spacial score (nSPS) is 14.4. The number of ether oxygens (including phenoxy) is 2. The molecule has 114 valence electrons. The Kier molecular flexibility index (Phi) is 5.03. The van der Waals surface area contributed by atoms with Gasteiger partial charge in [0.15, 0.2) is 0 Å². The quantitative estimate of drug-likeness (QED) is 0.822. The number of benzene rings is 1. The number of rotatable bonds is 7. The van der Waals surface area contributed by atoms with E-state index in [-0.39, 0.29) is 18.2 Å². The maximum atomic E-state index is 11.8. The lowest BCUT2D eigenvalue weighted by Crippen LogP contribution is -2.50. The van der Waals surface area contributed by atoms with E-state index in [0.29, 0.717) is 31.9 Å². The number of methoxy groups -OCH3 is 1. The van der Waals surface area contributed by atoms with Crippen LogP contribution in [0.3, 0.4) is 0 Å². The van der Waals surface area contributed by atoms with E-state index in [9.17, 15) is 9.59 Å². The highest BCUT2D eigenvalue weighted by atomic mass is 16.5. The number of aliphatic carboxylic acids is 1. The van der Waals surface area contributed by atoms with E-state index in [1.165, 1.54) is 0 Å². The van der Waals surface area contributed by atoms with Gasteiger partial charge in [0, 0.05) is 19.0 Å². The van der Waals surface area contributed by atoms with Crippen molar-refractivity contribution < 1.29 is 24.2 Å². The fourth-order valence-corrected chi connectivity index (χ4v) is 2.24. The maximum absolute atomic E-state index is 11.8. The molecule has 2 rings (SSSR count). The summed E-state index contributed by atoms with van der Waals surface area (Å²) in [6.45, 7) is 1.38. The van der Waals surface area contributed by atoms with Gasteiger partial charge < -0.3 is 19.5 Å². The third-order valence-corrected chi connectivity index (χ3v) is 3.42. The Morgan fingerprint density at radius 1 is 1.24 bits per heavy atom. The number of likely N-dealkylation sites (tertiary alicyclic amines) is 1. The predicted octanol–water partition coefficient (Wildman–Crippen LogP) is 1.40. The van der Waals surface area contributed by atoms with Crippen molar-refractivity contribution >= 4 is 11.9 Å². The van der Waals surface area contributed by atoms with Crippen molar-refractivity contribution in [3.63, 3.8) is 0 Å². The zero-order valence-electron chi connectivity index (χ0n) is 11.9. The zero-order valence-corrected chi connectivity index (χ0v) is 11.9. The molecule has 1 aromatic carbocycles. The van der Waals surface area contributed by atoms with Gasteiger partial charge in [-0.1, -0.05) is 0 Å². The SMILES string of the molecule is COc1ccc(OCCC(=O)N2CC(CC(=O)O)C2)cc1. The van der Waals surface area contributed by atoms with Crippen LogP contribution in [0.15, 0.2) is 24.3 Å². The fraction of sp³-hybridized carbons (Fsp3) is 0.467.